The van der Waals surface area contributed by atoms with Gasteiger partial charge < -0.3 is 14.5 Å². The van der Waals surface area contributed by atoms with Gasteiger partial charge in [-0.2, -0.15) is 0 Å². The van der Waals surface area contributed by atoms with E-state index in [1.165, 1.54) is 0 Å². The van der Waals surface area contributed by atoms with E-state index in [-0.39, 0.29) is 5.69 Å². The van der Waals surface area contributed by atoms with Gasteiger partial charge in [0.1, 0.15) is 0 Å². The van der Waals surface area contributed by atoms with Crippen LogP contribution in [0.1, 0.15) is 17.7 Å². The van der Waals surface area contributed by atoms with Crippen molar-refractivity contribution in [3.63, 3.8) is 0 Å². The standard InChI is InChI=1S/C10H12N2O3/c13-9-11-6-7-5-10(14-3-4-15-10)2-1-8(7)12-9/h6H,1-5H2,(H,11,12,13). The van der Waals surface area contributed by atoms with E-state index in [4.69, 9.17) is 9.47 Å². The molecule has 0 amide bonds. The smallest absolute Gasteiger partial charge is 0.345 e. The molecule has 1 aromatic rings. The van der Waals surface area contributed by atoms with Gasteiger partial charge in [-0.05, 0) is 12.0 Å². The molecule has 2 aliphatic rings. The molecule has 1 aliphatic carbocycles. The first kappa shape index (κ1) is 9.06. The highest BCUT2D eigenvalue weighted by Gasteiger charge is 2.40. The van der Waals surface area contributed by atoms with E-state index < -0.39 is 5.79 Å². The molecule has 80 valence electrons. The van der Waals surface area contributed by atoms with E-state index in [0.29, 0.717) is 19.6 Å². The largest absolute Gasteiger partial charge is 0.347 e. The maximum Gasteiger partial charge on any atom is 0.345 e. The monoisotopic (exact) mass is 208 g/mol. The lowest BCUT2D eigenvalue weighted by atomic mass is 9.92. The van der Waals surface area contributed by atoms with Crippen molar-refractivity contribution in [2.45, 2.75) is 25.0 Å². The Morgan fingerprint density at radius 2 is 2.20 bits per heavy atom. The molecule has 15 heavy (non-hydrogen) atoms. The number of ether oxygens (including phenoxy) is 2. The molecule has 1 spiro atoms. The molecule has 2 heterocycles. The minimum atomic E-state index is -0.451. The lowest BCUT2D eigenvalue weighted by molar-refractivity contribution is -0.164. The van der Waals surface area contributed by atoms with Crippen molar-refractivity contribution < 1.29 is 9.47 Å². The van der Waals surface area contributed by atoms with Crippen molar-refractivity contribution in [3.05, 3.63) is 27.9 Å². The Kier molecular flexibility index (Phi) is 1.90. The summed E-state index contributed by atoms with van der Waals surface area (Å²) < 4.78 is 11.3. The second-order valence-corrected chi connectivity index (χ2v) is 3.98. The normalized spacial score (nSPS) is 22.9. The molecule has 1 aromatic heterocycles. The van der Waals surface area contributed by atoms with Crippen LogP contribution in [0.5, 0.6) is 0 Å². The molecule has 1 saturated heterocycles. The van der Waals surface area contributed by atoms with E-state index in [1.807, 2.05) is 0 Å². The van der Waals surface area contributed by atoms with Gasteiger partial charge in [-0.1, -0.05) is 0 Å². The zero-order valence-corrected chi connectivity index (χ0v) is 8.28. The lowest BCUT2D eigenvalue weighted by Gasteiger charge is -2.31. The molecule has 3 rings (SSSR count). The number of hydrogen-bond acceptors (Lipinski definition) is 4. The fourth-order valence-corrected chi connectivity index (χ4v) is 2.27. The van der Waals surface area contributed by atoms with Crippen molar-refractivity contribution in [2.24, 2.45) is 0 Å². The Hall–Kier alpha value is -1.20. The first-order chi connectivity index (χ1) is 7.27. The summed E-state index contributed by atoms with van der Waals surface area (Å²) in [5, 5.41) is 0. The summed E-state index contributed by atoms with van der Waals surface area (Å²) in [6.45, 7) is 1.32. The summed E-state index contributed by atoms with van der Waals surface area (Å²) in [7, 11) is 0. The van der Waals surface area contributed by atoms with Gasteiger partial charge in [0.15, 0.2) is 5.79 Å². The highest BCUT2D eigenvalue weighted by molar-refractivity contribution is 5.21. The van der Waals surface area contributed by atoms with Gasteiger partial charge in [-0.25, -0.2) is 9.78 Å². The van der Waals surface area contributed by atoms with Crippen LogP contribution in [-0.4, -0.2) is 29.0 Å². The van der Waals surface area contributed by atoms with Crippen molar-refractivity contribution in [2.75, 3.05) is 13.2 Å². The van der Waals surface area contributed by atoms with Crippen LogP contribution in [0.3, 0.4) is 0 Å². The average molecular weight is 208 g/mol. The van der Waals surface area contributed by atoms with E-state index in [2.05, 4.69) is 9.97 Å². The van der Waals surface area contributed by atoms with Gasteiger partial charge >= 0.3 is 5.69 Å². The Morgan fingerprint density at radius 1 is 1.40 bits per heavy atom. The predicted octanol–water partition coefficient (Wildman–Crippen LogP) is 0.00170. The third kappa shape index (κ3) is 1.48. The third-order valence-electron chi connectivity index (χ3n) is 3.01. The number of nitrogens with zero attached hydrogens (tertiary/aromatic N) is 1. The lowest BCUT2D eigenvalue weighted by Crippen LogP contribution is -2.38. The number of aryl methyl sites for hydroxylation is 1. The van der Waals surface area contributed by atoms with E-state index in [9.17, 15) is 4.79 Å². The predicted molar refractivity (Wildman–Crippen MR) is 51.5 cm³/mol. The number of H-pyrrole nitrogens is 1. The molecule has 5 heteroatoms. The van der Waals surface area contributed by atoms with Gasteiger partial charge in [0.05, 0.1) is 13.2 Å². The highest BCUT2D eigenvalue weighted by Crippen LogP contribution is 2.33. The number of hydrogen-bond donors (Lipinski definition) is 1. The first-order valence-electron chi connectivity index (χ1n) is 5.12. The molecule has 0 unspecified atom stereocenters. The topological polar surface area (TPSA) is 64.2 Å². The van der Waals surface area contributed by atoms with Crippen LogP contribution in [0.2, 0.25) is 0 Å². The molecular formula is C10H12N2O3. The maximum absolute atomic E-state index is 11.0. The molecule has 0 aromatic carbocycles. The van der Waals surface area contributed by atoms with Crippen LogP contribution in [0.15, 0.2) is 11.0 Å². The van der Waals surface area contributed by atoms with Gasteiger partial charge in [-0.3, -0.25) is 0 Å². The van der Waals surface area contributed by atoms with E-state index >= 15 is 0 Å². The molecular weight excluding hydrogens is 196 g/mol. The summed E-state index contributed by atoms with van der Waals surface area (Å²) in [4.78, 5) is 17.5. The summed E-state index contributed by atoms with van der Waals surface area (Å²) in [6.07, 6.45) is 3.90. The number of fused-ring (bicyclic) bond motifs is 1. The Morgan fingerprint density at radius 3 is 3.00 bits per heavy atom. The Labute approximate surface area is 86.4 Å². The molecule has 1 N–H and O–H groups in total. The van der Waals surface area contributed by atoms with Crippen molar-refractivity contribution in [1.82, 2.24) is 9.97 Å². The number of aromatic nitrogens is 2. The van der Waals surface area contributed by atoms with Crippen LogP contribution < -0.4 is 5.69 Å². The second-order valence-electron chi connectivity index (χ2n) is 3.98. The number of nitrogens with one attached hydrogen (secondary N) is 1. The van der Waals surface area contributed by atoms with Crippen LogP contribution in [-0.2, 0) is 22.3 Å². The SMILES string of the molecule is O=c1ncc2c([nH]1)CCC1(C2)OCCO1. The molecule has 0 bridgehead atoms. The Balaban J connectivity index is 1.96. The van der Waals surface area contributed by atoms with E-state index in [0.717, 1.165) is 24.1 Å². The van der Waals surface area contributed by atoms with Crippen molar-refractivity contribution in [3.8, 4) is 0 Å². The molecule has 1 fully saturated rings. The Bertz CT molecular complexity index is 435. The van der Waals surface area contributed by atoms with E-state index in [1.54, 1.807) is 6.20 Å². The first-order valence-corrected chi connectivity index (χ1v) is 5.12. The minimum Gasteiger partial charge on any atom is -0.347 e. The van der Waals surface area contributed by atoms with Crippen molar-refractivity contribution in [1.29, 1.82) is 0 Å². The fourth-order valence-electron chi connectivity index (χ4n) is 2.27. The molecule has 0 atom stereocenters. The number of rotatable bonds is 0. The summed E-state index contributed by atoms with van der Waals surface area (Å²) in [6, 6.07) is 0. The van der Waals surface area contributed by atoms with Crippen molar-refractivity contribution >= 4 is 0 Å². The molecule has 0 radical (unpaired) electrons. The van der Waals surface area contributed by atoms with Crippen LogP contribution in [0.25, 0.3) is 0 Å². The highest BCUT2D eigenvalue weighted by atomic mass is 16.7. The van der Waals surface area contributed by atoms with Gasteiger partial charge in [0, 0.05) is 24.7 Å². The maximum atomic E-state index is 11.0. The number of aromatic amines is 1. The molecule has 0 saturated carbocycles. The molecule has 5 nitrogen and oxygen atoms in total. The quantitative estimate of drug-likeness (QED) is 0.652. The van der Waals surface area contributed by atoms with Crippen LogP contribution in [0.4, 0.5) is 0 Å². The average Bonchev–Trinajstić information content (AvgIpc) is 2.67. The van der Waals surface area contributed by atoms with Crippen LogP contribution in [0, 0.1) is 0 Å². The second kappa shape index (κ2) is 3.15. The summed E-state index contributed by atoms with van der Waals surface area (Å²) >= 11 is 0. The fraction of sp³-hybridized carbons (Fsp3) is 0.600. The summed E-state index contributed by atoms with van der Waals surface area (Å²) in [5.74, 6) is -0.451. The molecule has 1 aliphatic heterocycles. The zero-order valence-electron chi connectivity index (χ0n) is 8.28. The van der Waals surface area contributed by atoms with Gasteiger partial charge in [-0.15, -0.1) is 0 Å². The van der Waals surface area contributed by atoms with Gasteiger partial charge in [0.2, 0.25) is 0 Å². The summed E-state index contributed by atoms with van der Waals surface area (Å²) in [5.41, 5.74) is 1.72. The third-order valence-corrected chi connectivity index (χ3v) is 3.01. The van der Waals surface area contributed by atoms with Crippen LogP contribution >= 0.6 is 0 Å². The minimum absolute atomic E-state index is 0.280. The van der Waals surface area contributed by atoms with Gasteiger partial charge in [0.25, 0.3) is 0 Å². The zero-order chi connectivity index (χ0) is 10.3.